The number of benzene rings is 3. The molecule has 7 nitrogen and oxygen atoms in total. The zero-order valence-corrected chi connectivity index (χ0v) is 18.9. The number of carbonyl (C=O) groups excluding carboxylic acids is 2. The number of hydrogen-bond donors (Lipinski definition) is 0. The highest BCUT2D eigenvalue weighted by atomic mass is 16.5. The molecule has 1 unspecified atom stereocenters. The van der Waals surface area contributed by atoms with Crippen LogP contribution in [0.4, 0.5) is 0 Å². The number of methoxy groups -OCH3 is 3. The van der Waals surface area contributed by atoms with Crippen molar-refractivity contribution in [1.29, 1.82) is 0 Å². The van der Waals surface area contributed by atoms with Gasteiger partial charge in [-0.1, -0.05) is 36.4 Å². The van der Waals surface area contributed by atoms with Crippen molar-refractivity contribution in [2.24, 2.45) is 0 Å². The Bertz CT molecular complexity index is 1320. The molecule has 0 radical (unpaired) electrons. The fourth-order valence-electron chi connectivity index (χ4n) is 4.47. The van der Waals surface area contributed by atoms with E-state index in [0.29, 0.717) is 45.4 Å². The molecule has 3 aromatic carbocycles. The average Bonchev–Trinajstić information content (AvgIpc) is 3.17. The van der Waals surface area contributed by atoms with Gasteiger partial charge < -0.3 is 23.7 Å². The molecule has 0 saturated carbocycles. The summed E-state index contributed by atoms with van der Waals surface area (Å²) in [5, 5.41) is 0. The summed E-state index contributed by atoms with van der Waals surface area (Å²) >= 11 is 0. The van der Waals surface area contributed by atoms with Gasteiger partial charge in [0.15, 0.2) is 17.3 Å². The highest BCUT2D eigenvalue weighted by molar-refractivity contribution is 6.15. The predicted molar refractivity (Wildman–Crippen MR) is 124 cm³/mol. The lowest BCUT2D eigenvalue weighted by Gasteiger charge is -2.28. The number of ketones is 1. The number of ether oxygens (including phenoxy) is 5. The lowest BCUT2D eigenvalue weighted by Crippen LogP contribution is -2.22. The van der Waals surface area contributed by atoms with Gasteiger partial charge in [-0.05, 0) is 29.8 Å². The van der Waals surface area contributed by atoms with Gasteiger partial charge in [0.2, 0.25) is 11.5 Å². The summed E-state index contributed by atoms with van der Waals surface area (Å²) in [6.07, 6.45) is 1.75. The van der Waals surface area contributed by atoms with Crippen LogP contribution in [0.25, 0.3) is 6.08 Å². The molecule has 0 fully saturated rings. The molecule has 34 heavy (non-hydrogen) atoms. The number of rotatable bonds is 5. The lowest BCUT2D eigenvalue weighted by atomic mass is 9.84. The molecule has 2 aliphatic heterocycles. The summed E-state index contributed by atoms with van der Waals surface area (Å²) in [7, 11) is 4.59. The van der Waals surface area contributed by atoms with Gasteiger partial charge in [-0.25, -0.2) is 0 Å². The van der Waals surface area contributed by atoms with Gasteiger partial charge in [0.25, 0.3) is 0 Å². The second-order valence-electron chi connectivity index (χ2n) is 7.86. The molecule has 0 aromatic heterocycles. The van der Waals surface area contributed by atoms with E-state index < -0.39 is 11.9 Å². The van der Waals surface area contributed by atoms with Gasteiger partial charge in [0, 0.05) is 17.0 Å². The van der Waals surface area contributed by atoms with Crippen LogP contribution in [0, 0.1) is 0 Å². The number of carbonyl (C=O) groups is 2. The fourth-order valence-corrected chi connectivity index (χ4v) is 4.47. The first-order valence-corrected chi connectivity index (χ1v) is 10.7. The summed E-state index contributed by atoms with van der Waals surface area (Å²) in [6.45, 7) is 0. The van der Waals surface area contributed by atoms with Crippen LogP contribution in [0.2, 0.25) is 0 Å². The summed E-state index contributed by atoms with van der Waals surface area (Å²) in [6, 6.07) is 16.3. The molecule has 0 aliphatic carbocycles. The van der Waals surface area contributed by atoms with Gasteiger partial charge in [-0.15, -0.1) is 0 Å². The molecular formula is C27H22O7. The first-order valence-electron chi connectivity index (χ1n) is 10.7. The van der Waals surface area contributed by atoms with Crippen molar-refractivity contribution < 1.29 is 33.3 Å². The molecule has 0 saturated heterocycles. The third-order valence-corrected chi connectivity index (χ3v) is 5.99. The van der Waals surface area contributed by atoms with Crippen LogP contribution in [0.15, 0.2) is 60.4 Å². The van der Waals surface area contributed by atoms with Gasteiger partial charge in [-0.3, -0.25) is 9.59 Å². The first kappa shape index (κ1) is 21.6. The molecule has 5 rings (SSSR count). The summed E-state index contributed by atoms with van der Waals surface area (Å²) in [4.78, 5) is 25.7. The topological polar surface area (TPSA) is 80.3 Å². The van der Waals surface area contributed by atoms with E-state index in [1.54, 1.807) is 24.3 Å². The van der Waals surface area contributed by atoms with Gasteiger partial charge in [-0.2, -0.15) is 0 Å². The maximum absolute atomic E-state index is 13.1. The van der Waals surface area contributed by atoms with Crippen molar-refractivity contribution in [2.75, 3.05) is 21.3 Å². The van der Waals surface area contributed by atoms with Crippen LogP contribution < -0.4 is 23.7 Å². The maximum atomic E-state index is 13.1. The smallest absolute Gasteiger partial charge is 0.312 e. The SMILES string of the molecule is COc1ccc(C2CC(=O)Oc3ccc4c(c32)OC(=Cc2ccccc2)C4=O)c(OC)c1OC. The zero-order chi connectivity index (χ0) is 23.8. The minimum absolute atomic E-state index is 0.0462. The Hall–Kier alpha value is -4.26. The van der Waals surface area contributed by atoms with Crippen LogP contribution in [0.5, 0.6) is 28.7 Å². The Kier molecular flexibility index (Phi) is 5.45. The Morgan fingerprint density at radius 1 is 0.853 bits per heavy atom. The van der Waals surface area contributed by atoms with Crippen LogP contribution in [-0.4, -0.2) is 33.1 Å². The minimum Gasteiger partial charge on any atom is -0.493 e. The van der Waals surface area contributed by atoms with Crippen molar-refractivity contribution in [1.82, 2.24) is 0 Å². The van der Waals surface area contributed by atoms with Crippen molar-refractivity contribution in [3.8, 4) is 28.7 Å². The van der Waals surface area contributed by atoms with Gasteiger partial charge in [0.05, 0.1) is 33.3 Å². The van der Waals surface area contributed by atoms with E-state index in [-0.39, 0.29) is 18.0 Å². The van der Waals surface area contributed by atoms with Gasteiger partial charge >= 0.3 is 5.97 Å². The van der Waals surface area contributed by atoms with Crippen molar-refractivity contribution in [3.05, 3.63) is 82.6 Å². The highest BCUT2D eigenvalue weighted by Gasteiger charge is 2.40. The van der Waals surface area contributed by atoms with Crippen LogP contribution in [0.3, 0.4) is 0 Å². The third-order valence-electron chi connectivity index (χ3n) is 5.99. The number of fused-ring (bicyclic) bond motifs is 3. The fraction of sp³-hybridized carbons (Fsp3) is 0.185. The van der Waals surface area contributed by atoms with Crippen molar-refractivity contribution >= 4 is 17.8 Å². The third kappa shape index (κ3) is 3.46. The zero-order valence-electron chi connectivity index (χ0n) is 18.9. The predicted octanol–water partition coefficient (Wildman–Crippen LogP) is 4.77. The molecule has 2 aliphatic rings. The summed E-state index contributed by atoms with van der Waals surface area (Å²) in [5.41, 5.74) is 2.58. The number of esters is 1. The molecule has 1 atom stereocenters. The Balaban J connectivity index is 1.66. The van der Waals surface area contributed by atoms with E-state index in [4.69, 9.17) is 23.7 Å². The number of hydrogen-bond acceptors (Lipinski definition) is 7. The molecule has 0 bridgehead atoms. The number of Topliss-reactive ketones (excluding diaryl/α,β-unsaturated/α-hetero) is 1. The number of allylic oxidation sites excluding steroid dienone is 1. The van der Waals surface area contributed by atoms with Crippen LogP contribution in [0.1, 0.15) is 39.4 Å². The van der Waals surface area contributed by atoms with E-state index in [2.05, 4.69) is 0 Å². The molecule has 2 heterocycles. The molecule has 3 aromatic rings. The van der Waals surface area contributed by atoms with E-state index in [1.807, 2.05) is 36.4 Å². The molecule has 7 heteroatoms. The largest absolute Gasteiger partial charge is 0.493 e. The second-order valence-corrected chi connectivity index (χ2v) is 7.86. The van der Waals surface area contributed by atoms with E-state index in [0.717, 1.165) is 5.56 Å². The highest BCUT2D eigenvalue weighted by Crippen LogP contribution is 2.52. The Morgan fingerprint density at radius 3 is 2.32 bits per heavy atom. The summed E-state index contributed by atoms with van der Waals surface area (Å²) < 4.78 is 28.2. The van der Waals surface area contributed by atoms with E-state index >= 15 is 0 Å². The maximum Gasteiger partial charge on any atom is 0.312 e. The summed E-state index contributed by atoms with van der Waals surface area (Å²) in [5.74, 6) is 1.21. The van der Waals surface area contributed by atoms with E-state index in [1.165, 1.54) is 21.3 Å². The Labute approximate surface area is 196 Å². The monoisotopic (exact) mass is 458 g/mol. The van der Waals surface area contributed by atoms with Crippen molar-refractivity contribution in [3.63, 3.8) is 0 Å². The Morgan fingerprint density at radius 2 is 1.62 bits per heavy atom. The first-order chi connectivity index (χ1) is 16.5. The van der Waals surface area contributed by atoms with Gasteiger partial charge in [0.1, 0.15) is 11.5 Å². The molecule has 172 valence electrons. The van der Waals surface area contributed by atoms with Crippen LogP contribution in [-0.2, 0) is 4.79 Å². The van der Waals surface area contributed by atoms with E-state index in [9.17, 15) is 9.59 Å². The lowest BCUT2D eigenvalue weighted by molar-refractivity contribution is -0.135. The standard InChI is InChI=1S/C27H22O7/c1-30-20-12-9-16(26(31-2)27(20)32-3)18-14-22(28)33-19-11-10-17-24(29)21(34-25(17)23(18)19)13-15-7-5-4-6-8-15/h4-13,18H,14H2,1-3H3. The molecule has 0 N–H and O–H groups in total. The molecule has 0 amide bonds. The second kappa shape index (κ2) is 8.59. The van der Waals surface area contributed by atoms with Crippen molar-refractivity contribution in [2.45, 2.75) is 12.3 Å². The molecular weight excluding hydrogens is 436 g/mol. The minimum atomic E-state index is -0.482. The normalized spacial score (nSPS) is 17.5. The average molecular weight is 458 g/mol. The molecule has 0 spiro atoms. The quantitative estimate of drug-likeness (QED) is 0.310. The van der Waals surface area contributed by atoms with Crippen LogP contribution >= 0.6 is 0 Å².